The molecule has 1 unspecified atom stereocenters. The Morgan fingerprint density at radius 3 is 2.41 bits per heavy atom. The van der Waals surface area contributed by atoms with Crippen molar-refractivity contribution in [2.24, 2.45) is 18.4 Å². The van der Waals surface area contributed by atoms with Gasteiger partial charge in [-0.25, -0.2) is 0 Å². The van der Waals surface area contributed by atoms with Gasteiger partial charge in [-0.2, -0.15) is 0 Å². The molecule has 1 atom stereocenters. The Morgan fingerprint density at radius 2 is 2.00 bits per heavy atom. The molecule has 98 valence electrons. The maximum atomic E-state index is 4.10. The van der Waals surface area contributed by atoms with Gasteiger partial charge in [-0.05, 0) is 17.8 Å². The van der Waals surface area contributed by atoms with Crippen LogP contribution in [0.4, 0.5) is 0 Å². The van der Waals surface area contributed by atoms with Crippen molar-refractivity contribution in [1.82, 2.24) is 20.1 Å². The summed E-state index contributed by atoms with van der Waals surface area (Å²) < 4.78 is 1.96. The number of rotatable bonds is 5. The van der Waals surface area contributed by atoms with E-state index in [1.807, 2.05) is 11.6 Å². The van der Waals surface area contributed by atoms with Crippen molar-refractivity contribution < 1.29 is 0 Å². The molecule has 17 heavy (non-hydrogen) atoms. The Labute approximate surface area is 105 Å². The van der Waals surface area contributed by atoms with Gasteiger partial charge in [0.2, 0.25) is 0 Å². The van der Waals surface area contributed by atoms with Crippen molar-refractivity contribution in [3.63, 3.8) is 0 Å². The number of hydrogen-bond donors (Lipinski definition) is 1. The van der Waals surface area contributed by atoms with Crippen LogP contribution in [0.2, 0.25) is 0 Å². The van der Waals surface area contributed by atoms with E-state index >= 15 is 0 Å². The van der Waals surface area contributed by atoms with Crippen LogP contribution in [0.1, 0.15) is 46.9 Å². The van der Waals surface area contributed by atoms with E-state index in [1.54, 1.807) is 6.33 Å². The molecular weight excluding hydrogens is 212 g/mol. The zero-order chi connectivity index (χ0) is 13.1. The molecule has 0 aliphatic heterocycles. The first-order valence-corrected chi connectivity index (χ1v) is 6.37. The molecule has 0 radical (unpaired) electrons. The van der Waals surface area contributed by atoms with Crippen molar-refractivity contribution in [1.29, 1.82) is 0 Å². The van der Waals surface area contributed by atoms with Gasteiger partial charge < -0.3 is 9.88 Å². The quantitative estimate of drug-likeness (QED) is 0.856. The first-order chi connectivity index (χ1) is 7.80. The van der Waals surface area contributed by atoms with E-state index in [2.05, 4.69) is 50.1 Å². The minimum atomic E-state index is 0.267. The van der Waals surface area contributed by atoms with Gasteiger partial charge in [0, 0.05) is 13.1 Å². The van der Waals surface area contributed by atoms with Crippen molar-refractivity contribution in [3.05, 3.63) is 12.2 Å². The molecular formula is C13H26N4. The van der Waals surface area contributed by atoms with Gasteiger partial charge >= 0.3 is 0 Å². The fourth-order valence-corrected chi connectivity index (χ4v) is 1.90. The van der Waals surface area contributed by atoms with Crippen LogP contribution < -0.4 is 5.32 Å². The van der Waals surface area contributed by atoms with E-state index in [0.717, 1.165) is 12.4 Å². The molecule has 0 saturated carbocycles. The van der Waals surface area contributed by atoms with Crippen molar-refractivity contribution >= 4 is 0 Å². The second-order valence-electron chi connectivity index (χ2n) is 6.29. The van der Waals surface area contributed by atoms with Gasteiger partial charge in [-0.15, -0.1) is 10.2 Å². The molecule has 0 aliphatic rings. The van der Waals surface area contributed by atoms with Crippen LogP contribution in [-0.2, 0) is 13.6 Å². The molecule has 1 rings (SSSR count). The normalized spacial score (nSPS) is 14.3. The predicted octanol–water partition coefficient (Wildman–Crippen LogP) is 2.37. The first kappa shape index (κ1) is 14.2. The van der Waals surface area contributed by atoms with Crippen LogP contribution in [0.3, 0.4) is 0 Å². The smallest absolute Gasteiger partial charge is 0.146 e. The molecule has 4 heteroatoms. The van der Waals surface area contributed by atoms with E-state index in [-0.39, 0.29) is 5.41 Å². The van der Waals surface area contributed by atoms with Crippen molar-refractivity contribution in [2.45, 2.75) is 53.6 Å². The largest absolute Gasteiger partial charge is 0.320 e. The highest BCUT2D eigenvalue weighted by Crippen LogP contribution is 2.24. The van der Waals surface area contributed by atoms with E-state index in [9.17, 15) is 0 Å². The summed E-state index contributed by atoms with van der Waals surface area (Å²) in [5.41, 5.74) is 0.267. The first-order valence-electron chi connectivity index (χ1n) is 6.37. The Morgan fingerprint density at radius 1 is 1.35 bits per heavy atom. The fourth-order valence-electron chi connectivity index (χ4n) is 1.90. The summed E-state index contributed by atoms with van der Waals surface area (Å²) in [6.07, 6.45) is 2.92. The number of aryl methyl sites for hydroxylation is 1. The van der Waals surface area contributed by atoms with Gasteiger partial charge in [0.15, 0.2) is 0 Å². The Kier molecular flexibility index (Phi) is 4.69. The lowest BCUT2D eigenvalue weighted by atomic mass is 9.82. The topological polar surface area (TPSA) is 42.7 Å². The van der Waals surface area contributed by atoms with E-state index in [1.165, 1.54) is 6.42 Å². The zero-order valence-electron chi connectivity index (χ0n) is 12.0. The maximum Gasteiger partial charge on any atom is 0.146 e. The molecule has 0 spiro atoms. The average molecular weight is 238 g/mol. The standard InChI is InChI=1S/C13H26N4/c1-10(2)7-11(13(3,4)5)14-8-12-16-15-9-17(12)6/h9-11,14H,7-8H2,1-6H3. The highest BCUT2D eigenvalue weighted by molar-refractivity contribution is 4.88. The number of hydrogen-bond acceptors (Lipinski definition) is 3. The molecule has 4 nitrogen and oxygen atoms in total. The maximum absolute atomic E-state index is 4.10. The van der Waals surface area contributed by atoms with Gasteiger partial charge in [0.05, 0.1) is 6.54 Å². The van der Waals surface area contributed by atoms with Crippen LogP contribution in [0.15, 0.2) is 6.33 Å². The fraction of sp³-hybridized carbons (Fsp3) is 0.846. The summed E-state index contributed by atoms with van der Waals surface area (Å²) in [7, 11) is 1.98. The second-order valence-corrected chi connectivity index (χ2v) is 6.29. The lowest BCUT2D eigenvalue weighted by Crippen LogP contribution is -2.41. The third kappa shape index (κ3) is 4.46. The molecule has 1 aromatic heterocycles. The number of aromatic nitrogens is 3. The molecule has 0 aromatic carbocycles. The summed E-state index contributed by atoms with van der Waals surface area (Å²) in [5.74, 6) is 1.69. The van der Waals surface area contributed by atoms with Gasteiger partial charge in [-0.1, -0.05) is 34.6 Å². The summed E-state index contributed by atoms with van der Waals surface area (Å²) in [5, 5.41) is 11.6. The van der Waals surface area contributed by atoms with Gasteiger partial charge in [0.25, 0.3) is 0 Å². The highest BCUT2D eigenvalue weighted by atomic mass is 15.3. The number of nitrogens with one attached hydrogen (secondary N) is 1. The lowest BCUT2D eigenvalue weighted by molar-refractivity contribution is 0.230. The lowest BCUT2D eigenvalue weighted by Gasteiger charge is -2.33. The van der Waals surface area contributed by atoms with Crippen molar-refractivity contribution in [2.75, 3.05) is 0 Å². The van der Waals surface area contributed by atoms with Crippen LogP contribution >= 0.6 is 0 Å². The molecule has 0 amide bonds. The van der Waals surface area contributed by atoms with Gasteiger partial charge in [-0.3, -0.25) is 0 Å². The zero-order valence-corrected chi connectivity index (χ0v) is 12.0. The summed E-state index contributed by atoms with van der Waals surface area (Å²) in [6.45, 7) is 12.2. The average Bonchev–Trinajstić information content (AvgIpc) is 2.56. The molecule has 0 bridgehead atoms. The minimum absolute atomic E-state index is 0.267. The highest BCUT2D eigenvalue weighted by Gasteiger charge is 2.25. The summed E-state index contributed by atoms with van der Waals surface area (Å²) >= 11 is 0. The molecule has 1 aromatic rings. The molecule has 1 N–H and O–H groups in total. The molecule has 1 heterocycles. The molecule has 0 saturated heterocycles. The van der Waals surface area contributed by atoms with Crippen LogP contribution in [0.5, 0.6) is 0 Å². The van der Waals surface area contributed by atoms with E-state index in [0.29, 0.717) is 12.0 Å². The minimum Gasteiger partial charge on any atom is -0.320 e. The molecule has 0 aliphatic carbocycles. The summed E-state index contributed by atoms with van der Waals surface area (Å²) in [4.78, 5) is 0. The van der Waals surface area contributed by atoms with Gasteiger partial charge in [0.1, 0.15) is 12.2 Å². The second kappa shape index (κ2) is 5.63. The third-order valence-corrected chi connectivity index (χ3v) is 3.06. The third-order valence-electron chi connectivity index (χ3n) is 3.06. The summed E-state index contributed by atoms with van der Waals surface area (Å²) in [6, 6.07) is 0.499. The molecule has 0 fully saturated rings. The number of nitrogens with zero attached hydrogens (tertiary/aromatic N) is 3. The SMILES string of the molecule is CC(C)CC(NCc1nncn1C)C(C)(C)C. The Bertz CT molecular complexity index is 335. The monoisotopic (exact) mass is 238 g/mol. The van der Waals surface area contributed by atoms with E-state index in [4.69, 9.17) is 0 Å². The van der Waals surface area contributed by atoms with Crippen LogP contribution in [0, 0.1) is 11.3 Å². The van der Waals surface area contributed by atoms with E-state index < -0.39 is 0 Å². The van der Waals surface area contributed by atoms with Crippen LogP contribution in [-0.4, -0.2) is 20.8 Å². The van der Waals surface area contributed by atoms with Crippen molar-refractivity contribution in [3.8, 4) is 0 Å². The predicted molar refractivity (Wildman–Crippen MR) is 70.5 cm³/mol. The Balaban J connectivity index is 2.58. The Hall–Kier alpha value is -0.900. The van der Waals surface area contributed by atoms with Crippen LogP contribution in [0.25, 0.3) is 0 Å².